The molecule has 0 aliphatic heterocycles. The summed E-state index contributed by atoms with van der Waals surface area (Å²) in [5, 5.41) is 21.3. The summed E-state index contributed by atoms with van der Waals surface area (Å²) < 4.78 is 0. The zero-order chi connectivity index (χ0) is 24.2. The molecule has 5 aliphatic carbocycles. The topological polar surface area (TPSA) is 57.5 Å². The Labute approximate surface area is 201 Å². The lowest BCUT2D eigenvalue weighted by atomic mass is 9.35. The van der Waals surface area contributed by atoms with Crippen molar-refractivity contribution >= 4 is 5.97 Å². The van der Waals surface area contributed by atoms with E-state index in [0.717, 1.165) is 57.8 Å². The normalized spacial score (nSPS) is 50.0. The molecule has 2 N–H and O–H groups in total. The molecule has 1 unspecified atom stereocenters. The summed E-state index contributed by atoms with van der Waals surface area (Å²) in [6.45, 7) is 16.7. The van der Waals surface area contributed by atoms with Gasteiger partial charge in [0.25, 0.3) is 0 Å². The zero-order valence-electron chi connectivity index (χ0n) is 22.1. The zero-order valence-corrected chi connectivity index (χ0v) is 22.1. The molecular formula is C30H46O3. The lowest BCUT2D eigenvalue weighted by molar-refractivity contribution is -0.183. The number of aliphatic hydroxyl groups excluding tert-OH is 1. The van der Waals surface area contributed by atoms with Gasteiger partial charge in [0, 0.05) is 0 Å². The highest BCUT2D eigenvalue weighted by atomic mass is 16.4. The van der Waals surface area contributed by atoms with E-state index in [1.54, 1.807) is 0 Å². The van der Waals surface area contributed by atoms with Gasteiger partial charge in [-0.15, -0.1) is 0 Å². The molecule has 3 nitrogen and oxygen atoms in total. The minimum Gasteiger partial charge on any atom is -0.481 e. The van der Waals surface area contributed by atoms with Crippen LogP contribution in [-0.4, -0.2) is 22.3 Å². The maximum Gasteiger partial charge on any atom is 0.313 e. The van der Waals surface area contributed by atoms with Gasteiger partial charge in [-0.2, -0.15) is 0 Å². The summed E-state index contributed by atoms with van der Waals surface area (Å²) in [5.41, 5.74) is 2.40. The number of aliphatic hydroxyl groups is 1. The van der Waals surface area contributed by atoms with Crippen molar-refractivity contribution in [3.05, 3.63) is 23.3 Å². The molecule has 3 fully saturated rings. The van der Waals surface area contributed by atoms with Crippen LogP contribution in [0.1, 0.15) is 106 Å². The summed E-state index contributed by atoms with van der Waals surface area (Å²) in [5.74, 6) is 0.394. The van der Waals surface area contributed by atoms with Gasteiger partial charge in [-0.1, -0.05) is 60.6 Å². The molecule has 0 aromatic heterocycles. The van der Waals surface area contributed by atoms with Crippen LogP contribution in [0.4, 0.5) is 0 Å². The van der Waals surface area contributed by atoms with E-state index in [4.69, 9.17) is 0 Å². The highest BCUT2D eigenvalue weighted by molar-refractivity contribution is 5.80. The van der Waals surface area contributed by atoms with Gasteiger partial charge in [0.1, 0.15) is 0 Å². The standard InChI is InChI=1S/C30H46O3/c1-25(2)14-16-30(24(32)33)17-15-28(6)19(20(30)18-25)8-9-22-27(5)12-11-23(31)26(3,4)21(27)10-13-29(22,28)7/h8-9,21-23,31H,10-18H2,1-7H3,(H,32,33)/t21?,22-,23-,27+,28-,29-,30+/m1/s1. The van der Waals surface area contributed by atoms with Gasteiger partial charge in [0.15, 0.2) is 0 Å². The summed E-state index contributed by atoms with van der Waals surface area (Å²) >= 11 is 0. The number of fused-ring (bicyclic) bond motifs is 6. The van der Waals surface area contributed by atoms with Crippen LogP contribution in [0, 0.1) is 44.3 Å². The second-order valence-electron chi connectivity index (χ2n) is 14.7. The van der Waals surface area contributed by atoms with Gasteiger partial charge in [0.05, 0.1) is 11.5 Å². The second-order valence-corrected chi connectivity index (χ2v) is 14.7. The van der Waals surface area contributed by atoms with Gasteiger partial charge in [-0.3, -0.25) is 4.79 Å². The van der Waals surface area contributed by atoms with Gasteiger partial charge in [0.2, 0.25) is 0 Å². The maximum absolute atomic E-state index is 12.7. The predicted octanol–water partition coefficient (Wildman–Crippen LogP) is 7.15. The Kier molecular flexibility index (Phi) is 4.85. The Morgan fingerprint density at radius 3 is 2.24 bits per heavy atom. The van der Waals surface area contributed by atoms with E-state index < -0.39 is 11.4 Å². The number of aliphatic carboxylic acids is 1. The quantitative estimate of drug-likeness (QED) is 0.442. The van der Waals surface area contributed by atoms with Crippen molar-refractivity contribution in [2.75, 3.05) is 0 Å². The van der Waals surface area contributed by atoms with Crippen molar-refractivity contribution in [1.82, 2.24) is 0 Å². The molecule has 0 saturated heterocycles. The molecule has 0 amide bonds. The van der Waals surface area contributed by atoms with Crippen molar-refractivity contribution < 1.29 is 15.0 Å². The van der Waals surface area contributed by atoms with E-state index in [1.165, 1.54) is 11.1 Å². The van der Waals surface area contributed by atoms with Crippen molar-refractivity contribution in [2.45, 2.75) is 112 Å². The number of rotatable bonds is 1. The first-order valence-corrected chi connectivity index (χ1v) is 13.5. The van der Waals surface area contributed by atoms with E-state index in [1.807, 2.05) is 0 Å². The summed E-state index contributed by atoms with van der Waals surface area (Å²) in [6.07, 6.45) is 13.4. The number of carbonyl (C=O) groups is 1. The highest BCUT2D eigenvalue weighted by Gasteiger charge is 2.67. The first kappa shape index (κ1) is 23.6. The Balaban J connectivity index is 1.68. The average Bonchev–Trinajstić information content (AvgIpc) is 2.71. The molecule has 0 aromatic carbocycles. The number of hydrogen-bond donors (Lipinski definition) is 2. The molecule has 33 heavy (non-hydrogen) atoms. The monoisotopic (exact) mass is 454 g/mol. The second kappa shape index (κ2) is 6.77. The van der Waals surface area contributed by atoms with Crippen LogP contribution < -0.4 is 0 Å². The van der Waals surface area contributed by atoms with Crippen LogP contribution in [0.3, 0.4) is 0 Å². The minimum atomic E-state index is -0.657. The highest BCUT2D eigenvalue weighted by Crippen LogP contribution is 2.74. The van der Waals surface area contributed by atoms with Crippen LogP contribution >= 0.6 is 0 Å². The SMILES string of the molecule is CC1(C)CC[C@]2(C(=O)O)CC[C@]3(C)C(=C2C1)C=C[C@@H]1[C@@]2(C)CC[C@@H](O)C(C)(C)C2CC[C@]13C. The summed E-state index contributed by atoms with van der Waals surface area (Å²) in [7, 11) is 0. The molecule has 0 radical (unpaired) electrons. The largest absolute Gasteiger partial charge is 0.481 e. The van der Waals surface area contributed by atoms with Crippen molar-refractivity contribution in [2.24, 2.45) is 44.3 Å². The van der Waals surface area contributed by atoms with E-state index in [9.17, 15) is 15.0 Å². The Morgan fingerprint density at radius 2 is 1.58 bits per heavy atom. The van der Waals surface area contributed by atoms with Crippen LogP contribution in [-0.2, 0) is 4.79 Å². The fourth-order valence-electron chi connectivity index (χ4n) is 9.94. The molecule has 0 bridgehead atoms. The molecule has 3 saturated carbocycles. The first-order valence-electron chi connectivity index (χ1n) is 13.5. The van der Waals surface area contributed by atoms with Crippen LogP contribution in [0.5, 0.6) is 0 Å². The van der Waals surface area contributed by atoms with Crippen LogP contribution in [0.25, 0.3) is 0 Å². The van der Waals surface area contributed by atoms with Crippen molar-refractivity contribution in [1.29, 1.82) is 0 Å². The van der Waals surface area contributed by atoms with Gasteiger partial charge in [-0.25, -0.2) is 0 Å². The maximum atomic E-state index is 12.7. The number of carboxylic acids is 1. The summed E-state index contributed by atoms with van der Waals surface area (Å²) in [6, 6.07) is 0. The lowest BCUT2D eigenvalue weighted by Crippen LogP contribution is -2.63. The molecule has 0 aromatic rings. The van der Waals surface area contributed by atoms with Crippen LogP contribution in [0.15, 0.2) is 23.3 Å². The number of carboxylic acid groups (broad SMARTS) is 1. The Bertz CT molecular complexity index is 940. The molecule has 0 spiro atoms. The Hall–Kier alpha value is -1.09. The number of hydrogen-bond acceptors (Lipinski definition) is 2. The lowest BCUT2D eigenvalue weighted by Gasteiger charge is -2.69. The third kappa shape index (κ3) is 2.81. The predicted molar refractivity (Wildman–Crippen MR) is 133 cm³/mol. The van der Waals surface area contributed by atoms with Crippen molar-refractivity contribution in [3.63, 3.8) is 0 Å². The average molecular weight is 455 g/mol. The van der Waals surface area contributed by atoms with E-state index >= 15 is 0 Å². The first-order chi connectivity index (χ1) is 15.1. The number of allylic oxidation sites excluding steroid dienone is 3. The molecule has 5 rings (SSSR count). The molecule has 3 heteroatoms. The van der Waals surface area contributed by atoms with E-state index in [-0.39, 0.29) is 33.2 Å². The smallest absolute Gasteiger partial charge is 0.313 e. The molecule has 5 aliphatic rings. The van der Waals surface area contributed by atoms with E-state index in [2.05, 4.69) is 60.6 Å². The van der Waals surface area contributed by atoms with Gasteiger partial charge < -0.3 is 10.2 Å². The van der Waals surface area contributed by atoms with Crippen LogP contribution in [0.2, 0.25) is 0 Å². The van der Waals surface area contributed by atoms with Gasteiger partial charge in [-0.05, 0) is 108 Å². The third-order valence-electron chi connectivity index (χ3n) is 12.4. The molecule has 7 atom stereocenters. The molecule has 0 heterocycles. The van der Waals surface area contributed by atoms with E-state index in [0.29, 0.717) is 11.8 Å². The fraction of sp³-hybridized carbons (Fsp3) is 0.833. The summed E-state index contributed by atoms with van der Waals surface area (Å²) in [4.78, 5) is 12.7. The van der Waals surface area contributed by atoms with Crippen molar-refractivity contribution in [3.8, 4) is 0 Å². The minimum absolute atomic E-state index is 0.0162. The molecule has 184 valence electrons. The third-order valence-corrected chi connectivity index (χ3v) is 12.4. The molecular weight excluding hydrogens is 408 g/mol. The fourth-order valence-corrected chi connectivity index (χ4v) is 9.94. The Morgan fingerprint density at radius 1 is 0.909 bits per heavy atom. The van der Waals surface area contributed by atoms with Gasteiger partial charge >= 0.3 is 5.97 Å².